The molecule has 0 spiro atoms. The fraction of sp³-hybridized carbons (Fsp3) is 0.130. The minimum Gasteiger partial charge on any atom is -0.399 e. The van der Waals surface area contributed by atoms with Crippen molar-refractivity contribution in [2.24, 2.45) is 12.8 Å². The van der Waals surface area contributed by atoms with Crippen LogP contribution < -0.4 is 16.0 Å². The molecule has 0 bridgehead atoms. The average Bonchev–Trinajstić information content (AvgIpc) is 2.69. The standard InChI is InChI=1S/C23H21N3O.ClH/c1-26-19-7-3-2-5-17(19)22(15-9-11-16(25)12-10-15)23-18(21(27)13-14-24)6-4-8-20(23)26;/h2-12,25H,13-14,24H2,1H3;1H/p+1. The number of carbonyl (C=O) groups is 1. The van der Waals surface area contributed by atoms with Gasteiger partial charge in [0, 0.05) is 35.4 Å². The first-order valence-electron chi connectivity index (χ1n) is 9.04. The number of anilines is 1. The maximum atomic E-state index is 12.8. The molecule has 142 valence electrons. The number of hydrogen-bond donors (Lipinski definition) is 2. The first-order chi connectivity index (χ1) is 13.1. The number of nitrogens with zero attached hydrogens (tertiary/aromatic N) is 1. The number of benzene rings is 3. The minimum absolute atomic E-state index is 0. The molecular weight excluding hydrogens is 370 g/mol. The van der Waals surface area contributed by atoms with Gasteiger partial charge in [0.05, 0.1) is 10.8 Å². The van der Waals surface area contributed by atoms with E-state index in [9.17, 15) is 4.79 Å². The fourth-order valence-electron chi connectivity index (χ4n) is 3.77. The molecule has 28 heavy (non-hydrogen) atoms. The largest absolute Gasteiger partial charge is 0.399 e. The Morgan fingerprint density at radius 3 is 2.32 bits per heavy atom. The number of ketones is 1. The van der Waals surface area contributed by atoms with E-state index in [2.05, 4.69) is 22.8 Å². The number of fused-ring (bicyclic) bond motifs is 2. The van der Waals surface area contributed by atoms with E-state index in [4.69, 9.17) is 11.5 Å². The maximum absolute atomic E-state index is 12.8. The van der Waals surface area contributed by atoms with Crippen molar-refractivity contribution in [1.82, 2.24) is 0 Å². The summed E-state index contributed by atoms with van der Waals surface area (Å²) in [7, 11) is 2.04. The Morgan fingerprint density at radius 2 is 1.61 bits per heavy atom. The van der Waals surface area contributed by atoms with Gasteiger partial charge in [-0.25, -0.2) is 0 Å². The van der Waals surface area contributed by atoms with Crippen LogP contribution in [0.15, 0.2) is 66.7 Å². The third kappa shape index (κ3) is 3.21. The summed E-state index contributed by atoms with van der Waals surface area (Å²) in [5.74, 6) is 0.0649. The molecule has 0 aliphatic carbocycles. The van der Waals surface area contributed by atoms with E-state index in [-0.39, 0.29) is 18.2 Å². The van der Waals surface area contributed by atoms with Crippen molar-refractivity contribution < 1.29 is 9.36 Å². The molecule has 0 fully saturated rings. The molecule has 0 saturated heterocycles. The first kappa shape index (κ1) is 19.8. The molecule has 0 saturated carbocycles. The molecule has 1 aromatic heterocycles. The van der Waals surface area contributed by atoms with Crippen LogP contribution in [0, 0.1) is 0 Å². The molecule has 4 N–H and O–H groups in total. The Hall–Kier alpha value is -2.95. The van der Waals surface area contributed by atoms with E-state index in [1.165, 1.54) is 0 Å². The summed E-state index contributed by atoms with van der Waals surface area (Å²) in [6.45, 7) is 0.339. The highest BCUT2D eigenvalue weighted by molar-refractivity contribution is 6.16. The second-order valence-electron chi connectivity index (χ2n) is 6.73. The van der Waals surface area contributed by atoms with Gasteiger partial charge in [-0.15, -0.1) is 12.4 Å². The summed E-state index contributed by atoms with van der Waals surface area (Å²) in [6.07, 6.45) is 0.330. The number of nitrogen functional groups attached to an aromatic ring is 1. The summed E-state index contributed by atoms with van der Waals surface area (Å²) in [4.78, 5) is 12.8. The van der Waals surface area contributed by atoms with Gasteiger partial charge in [-0.1, -0.05) is 36.4 Å². The van der Waals surface area contributed by atoms with E-state index < -0.39 is 0 Å². The Kier molecular flexibility index (Phi) is 5.63. The van der Waals surface area contributed by atoms with Gasteiger partial charge in [-0.3, -0.25) is 4.79 Å². The zero-order chi connectivity index (χ0) is 19.0. The van der Waals surface area contributed by atoms with E-state index in [0.29, 0.717) is 24.2 Å². The van der Waals surface area contributed by atoms with Crippen molar-refractivity contribution in [3.8, 4) is 11.1 Å². The van der Waals surface area contributed by atoms with Crippen LogP contribution in [0.3, 0.4) is 0 Å². The average molecular weight is 393 g/mol. The van der Waals surface area contributed by atoms with Gasteiger partial charge in [-0.05, 0) is 30.3 Å². The number of hydrogen-bond acceptors (Lipinski definition) is 3. The molecule has 0 aliphatic heterocycles. The maximum Gasteiger partial charge on any atom is 0.214 e. The zero-order valence-corrected chi connectivity index (χ0v) is 16.5. The number of rotatable bonds is 4. The molecule has 0 amide bonds. The molecule has 3 aromatic carbocycles. The molecule has 4 nitrogen and oxygen atoms in total. The van der Waals surface area contributed by atoms with Crippen molar-refractivity contribution in [3.63, 3.8) is 0 Å². The summed E-state index contributed by atoms with van der Waals surface area (Å²) >= 11 is 0. The SMILES string of the molecule is C[n+]1c2ccccc2c(-c2ccc(N)cc2)c2c(C(=O)CCN)cccc21.Cl. The summed E-state index contributed by atoms with van der Waals surface area (Å²) < 4.78 is 2.14. The second kappa shape index (κ2) is 7.97. The third-order valence-electron chi connectivity index (χ3n) is 5.06. The molecule has 5 heteroatoms. The number of para-hydroxylation sites is 1. The zero-order valence-electron chi connectivity index (χ0n) is 15.7. The number of halogens is 1. The highest BCUT2D eigenvalue weighted by atomic mass is 35.5. The lowest BCUT2D eigenvalue weighted by molar-refractivity contribution is -0.617. The molecule has 0 unspecified atom stereocenters. The Bertz CT molecular complexity index is 1170. The molecule has 0 atom stereocenters. The van der Waals surface area contributed by atoms with Crippen molar-refractivity contribution >= 4 is 45.7 Å². The molecule has 0 aliphatic rings. The Labute approximate surface area is 170 Å². The summed E-state index contributed by atoms with van der Waals surface area (Å²) in [5, 5.41) is 2.06. The lowest BCUT2D eigenvalue weighted by atomic mass is 9.91. The number of pyridine rings is 1. The summed E-state index contributed by atoms with van der Waals surface area (Å²) in [6, 6.07) is 22.0. The van der Waals surface area contributed by atoms with Gasteiger partial charge in [-0.2, -0.15) is 4.57 Å². The lowest BCUT2D eigenvalue weighted by Gasteiger charge is -2.13. The van der Waals surface area contributed by atoms with Crippen LogP contribution in [0.25, 0.3) is 32.9 Å². The number of aromatic nitrogens is 1. The molecular formula is C23H23ClN3O+. The first-order valence-corrected chi connectivity index (χ1v) is 9.04. The molecule has 4 aromatic rings. The smallest absolute Gasteiger partial charge is 0.214 e. The fourth-order valence-corrected chi connectivity index (χ4v) is 3.77. The third-order valence-corrected chi connectivity index (χ3v) is 5.06. The van der Waals surface area contributed by atoms with E-state index >= 15 is 0 Å². The van der Waals surface area contributed by atoms with Crippen molar-refractivity contribution in [1.29, 1.82) is 0 Å². The van der Waals surface area contributed by atoms with Gasteiger partial charge in [0.2, 0.25) is 11.0 Å². The second-order valence-corrected chi connectivity index (χ2v) is 6.73. The molecule has 1 heterocycles. The van der Waals surface area contributed by atoms with Gasteiger partial charge < -0.3 is 11.5 Å². The van der Waals surface area contributed by atoms with Gasteiger partial charge >= 0.3 is 0 Å². The summed E-state index contributed by atoms with van der Waals surface area (Å²) in [5.41, 5.74) is 17.2. The molecule has 4 rings (SSSR count). The van der Waals surface area contributed by atoms with Crippen LogP contribution >= 0.6 is 12.4 Å². The van der Waals surface area contributed by atoms with E-state index in [1.54, 1.807) is 0 Å². The van der Waals surface area contributed by atoms with Gasteiger partial charge in [0.15, 0.2) is 5.78 Å². The van der Waals surface area contributed by atoms with Crippen LogP contribution in [-0.4, -0.2) is 12.3 Å². The quantitative estimate of drug-likeness (QED) is 0.238. The normalized spacial score (nSPS) is 10.8. The number of nitrogens with two attached hydrogens (primary N) is 2. The van der Waals surface area contributed by atoms with Gasteiger partial charge in [0.1, 0.15) is 7.05 Å². The lowest BCUT2D eigenvalue weighted by Crippen LogP contribution is -2.31. The van der Waals surface area contributed by atoms with Gasteiger partial charge in [0.25, 0.3) is 0 Å². The van der Waals surface area contributed by atoms with Crippen LogP contribution in [0.1, 0.15) is 16.8 Å². The predicted octanol–water partition coefficient (Wildman–Crippen LogP) is 4.02. The predicted molar refractivity (Wildman–Crippen MR) is 118 cm³/mol. The van der Waals surface area contributed by atoms with Crippen molar-refractivity contribution in [2.75, 3.05) is 12.3 Å². The van der Waals surface area contributed by atoms with Crippen LogP contribution in [0.4, 0.5) is 5.69 Å². The highest BCUT2D eigenvalue weighted by Crippen LogP contribution is 2.36. The van der Waals surface area contributed by atoms with Crippen LogP contribution in [-0.2, 0) is 7.05 Å². The van der Waals surface area contributed by atoms with E-state index in [0.717, 1.165) is 32.9 Å². The number of Topliss-reactive ketones (excluding diaryl/α,β-unsaturated/α-hetero) is 1. The number of carbonyl (C=O) groups excluding carboxylic acids is 1. The topological polar surface area (TPSA) is 73.0 Å². The van der Waals surface area contributed by atoms with Crippen LogP contribution in [0.2, 0.25) is 0 Å². The minimum atomic E-state index is 0. The van der Waals surface area contributed by atoms with Crippen LogP contribution in [0.5, 0.6) is 0 Å². The molecule has 0 radical (unpaired) electrons. The Balaban J connectivity index is 0.00000225. The highest BCUT2D eigenvalue weighted by Gasteiger charge is 2.23. The monoisotopic (exact) mass is 392 g/mol. The number of aryl methyl sites for hydroxylation is 1. The van der Waals surface area contributed by atoms with Crippen molar-refractivity contribution in [2.45, 2.75) is 6.42 Å². The van der Waals surface area contributed by atoms with E-state index in [1.807, 2.05) is 55.6 Å². The van der Waals surface area contributed by atoms with Crippen molar-refractivity contribution in [3.05, 3.63) is 72.3 Å². The Morgan fingerprint density at radius 1 is 0.929 bits per heavy atom.